The van der Waals surface area contributed by atoms with Gasteiger partial charge in [-0.25, -0.2) is 4.79 Å². The van der Waals surface area contributed by atoms with E-state index >= 15 is 0 Å². The van der Waals surface area contributed by atoms with Crippen LogP contribution in [0.5, 0.6) is 11.5 Å². The minimum atomic E-state index is -1.21. The van der Waals surface area contributed by atoms with Crippen molar-refractivity contribution in [3.05, 3.63) is 96.0 Å². The second-order valence-corrected chi connectivity index (χ2v) is 7.74. The zero-order valence-corrected chi connectivity index (χ0v) is 19.7. The van der Waals surface area contributed by atoms with Crippen molar-refractivity contribution in [3.8, 4) is 22.8 Å². The van der Waals surface area contributed by atoms with Crippen molar-refractivity contribution < 1.29 is 24.2 Å². The Kier molecular flexibility index (Phi) is 7.40. The number of aromatic carboxylic acids is 1. The lowest BCUT2D eigenvalue weighted by atomic mass is 10.1. The normalized spacial score (nSPS) is 10.8. The number of amides is 1. The van der Waals surface area contributed by atoms with Gasteiger partial charge >= 0.3 is 5.97 Å². The van der Waals surface area contributed by atoms with Crippen LogP contribution in [0.1, 0.15) is 21.5 Å². The molecule has 2 aromatic heterocycles. The summed E-state index contributed by atoms with van der Waals surface area (Å²) in [7, 11) is 2.83. The van der Waals surface area contributed by atoms with Crippen molar-refractivity contribution in [2.45, 2.75) is 6.54 Å². The highest BCUT2D eigenvalue weighted by molar-refractivity contribution is 6.06. The second-order valence-electron chi connectivity index (χ2n) is 7.74. The van der Waals surface area contributed by atoms with Crippen molar-refractivity contribution in [3.63, 3.8) is 0 Å². The predicted molar refractivity (Wildman–Crippen MR) is 135 cm³/mol. The molecule has 2 N–H and O–H groups in total. The molecule has 0 saturated heterocycles. The van der Waals surface area contributed by atoms with E-state index in [2.05, 4.69) is 10.3 Å². The standard InChI is InChI=1S/C27H24N4O5/c1-35-23-13-21(27(33)34)22(14-24(23)36-2)29-25(32)11-10-20-17-31(16-18-7-4-3-5-8-18)30-26(20)19-9-6-12-28-15-19/h3-15,17H,16H2,1-2H3,(H,29,32)(H,33,34)/b11-10+. The molecule has 2 aromatic carbocycles. The molecule has 36 heavy (non-hydrogen) atoms. The Morgan fingerprint density at radius 1 is 1.06 bits per heavy atom. The molecule has 4 rings (SSSR count). The number of anilines is 1. The van der Waals surface area contributed by atoms with Gasteiger partial charge in [0.2, 0.25) is 5.91 Å². The number of carboxylic acid groups (broad SMARTS) is 1. The number of pyridine rings is 1. The van der Waals surface area contributed by atoms with Crippen LogP contribution in [0.15, 0.2) is 79.3 Å². The van der Waals surface area contributed by atoms with Gasteiger partial charge in [-0.1, -0.05) is 30.3 Å². The van der Waals surface area contributed by atoms with Gasteiger partial charge in [0.15, 0.2) is 11.5 Å². The third kappa shape index (κ3) is 5.58. The molecule has 0 saturated carbocycles. The number of benzene rings is 2. The van der Waals surface area contributed by atoms with Crippen LogP contribution in [0.25, 0.3) is 17.3 Å². The van der Waals surface area contributed by atoms with Gasteiger partial charge in [0.05, 0.1) is 32.0 Å². The molecule has 0 aliphatic heterocycles. The lowest BCUT2D eigenvalue weighted by molar-refractivity contribution is -0.111. The van der Waals surface area contributed by atoms with Crippen molar-refractivity contribution in [1.82, 2.24) is 14.8 Å². The summed E-state index contributed by atoms with van der Waals surface area (Å²) in [5.74, 6) is -1.19. The average molecular weight is 485 g/mol. The van der Waals surface area contributed by atoms with E-state index < -0.39 is 11.9 Å². The highest BCUT2D eigenvalue weighted by Gasteiger charge is 2.18. The number of methoxy groups -OCH3 is 2. The maximum Gasteiger partial charge on any atom is 0.337 e. The van der Waals surface area contributed by atoms with E-state index in [0.29, 0.717) is 23.6 Å². The first-order chi connectivity index (χ1) is 17.5. The number of carboxylic acids is 1. The van der Waals surface area contributed by atoms with E-state index in [0.717, 1.165) is 11.1 Å². The number of nitrogens with zero attached hydrogens (tertiary/aromatic N) is 3. The number of nitrogens with one attached hydrogen (secondary N) is 1. The summed E-state index contributed by atoms with van der Waals surface area (Å²) in [5, 5.41) is 16.9. The molecule has 0 radical (unpaired) electrons. The summed E-state index contributed by atoms with van der Waals surface area (Å²) >= 11 is 0. The Hall–Kier alpha value is -4.92. The summed E-state index contributed by atoms with van der Waals surface area (Å²) in [6.45, 7) is 0.557. The Morgan fingerprint density at radius 2 is 1.81 bits per heavy atom. The molecule has 9 heteroatoms. The molecule has 1 amide bonds. The highest BCUT2D eigenvalue weighted by atomic mass is 16.5. The maximum atomic E-state index is 12.8. The number of carbonyl (C=O) groups is 2. The fourth-order valence-electron chi connectivity index (χ4n) is 3.64. The number of hydrogen-bond donors (Lipinski definition) is 2. The fourth-order valence-corrected chi connectivity index (χ4v) is 3.64. The van der Waals surface area contributed by atoms with Gasteiger partial charge in [0.25, 0.3) is 0 Å². The van der Waals surface area contributed by atoms with Crippen LogP contribution in [0.3, 0.4) is 0 Å². The first-order valence-corrected chi connectivity index (χ1v) is 11.0. The van der Waals surface area contributed by atoms with Crippen LogP contribution in [0.2, 0.25) is 0 Å². The van der Waals surface area contributed by atoms with Gasteiger partial charge in [-0.05, 0) is 23.8 Å². The maximum absolute atomic E-state index is 12.8. The summed E-state index contributed by atoms with van der Waals surface area (Å²) in [5.41, 5.74) is 3.22. The summed E-state index contributed by atoms with van der Waals surface area (Å²) < 4.78 is 12.2. The monoisotopic (exact) mass is 484 g/mol. The largest absolute Gasteiger partial charge is 0.493 e. The molecule has 2 heterocycles. The molecule has 0 aliphatic rings. The summed E-state index contributed by atoms with van der Waals surface area (Å²) in [4.78, 5) is 28.7. The first kappa shape index (κ1) is 24.2. The van der Waals surface area contributed by atoms with E-state index in [-0.39, 0.29) is 17.0 Å². The van der Waals surface area contributed by atoms with Crippen molar-refractivity contribution >= 4 is 23.6 Å². The van der Waals surface area contributed by atoms with Crippen molar-refractivity contribution in [2.24, 2.45) is 0 Å². The van der Waals surface area contributed by atoms with Gasteiger partial charge < -0.3 is 19.9 Å². The minimum Gasteiger partial charge on any atom is -0.493 e. The van der Waals surface area contributed by atoms with Gasteiger partial charge in [0, 0.05) is 47.9 Å². The van der Waals surface area contributed by atoms with Crippen LogP contribution in [0.4, 0.5) is 5.69 Å². The van der Waals surface area contributed by atoms with Crippen LogP contribution in [-0.2, 0) is 11.3 Å². The Bertz CT molecular complexity index is 1400. The lowest BCUT2D eigenvalue weighted by Gasteiger charge is -2.13. The number of ether oxygens (including phenoxy) is 2. The lowest BCUT2D eigenvalue weighted by Crippen LogP contribution is -2.12. The fraction of sp³-hybridized carbons (Fsp3) is 0.111. The molecular formula is C27H24N4O5. The van der Waals surface area contributed by atoms with E-state index in [4.69, 9.17) is 14.6 Å². The molecular weight excluding hydrogens is 460 g/mol. The summed E-state index contributed by atoms with van der Waals surface area (Å²) in [6.07, 6.45) is 8.18. The molecule has 0 aliphatic carbocycles. The SMILES string of the molecule is COc1cc(NC(=O)/C=C/c2cn(Cc3ccccc3)nc2-c2cccnc2)c(C(=O)O)cc1OC. The van der Waals surface area contributed by atoms with Gasteiger partial charge in [0.1, 0.15) is 5.69 Å². The van der Waals surface area contributed by atoms with Crippen molar-refractivity contribution in [2.75, 3.05) is 19.5 Å². The van der Waals surface area contributed by atoms with Gasteiger partial charge in [-0.15, -0.1) is 0 Å². The zero-order valence-electron chi connectivity index (χ0n) is 19.7. The summed E-state index contributed by atoms with van der Waals surface area (Å²) in [6, 6.07) is 16.3. The van der Waals surface area contributed by atoms with Crippen LogP contribution in [0, 0.1) is 0 Å². The third-order valence-electron chi connectivity index (χ3n) is 5.34. The molecule has 0 fully saturated rings. The highest BCUT2D eigenvalue weighted by Crippen LogP contribution is 2.33. The van der Waals surface area contributed by atoms with E-state index in [1.807, 2.05) is 48.7 Å². The molecule has 0 spiro atoms. The molecule has 182 valence electrons. The zero-order chi connectivity index (χ0) is 25.5. The molecule has 0 unspecified atom stereocenters. The number of aromatic nitrogens is 3. The third-order valence-corrected chi connectivity index (χ3v) is 5.34. The van der Waals surface area contributed by atoms with Crippen LogP contribution < -0.4 is 14.8 Å². The smallest absolute Gasteiger partial charge is 0.337 e. The molecule has 0 bridgehead atoms. The van der Waals surface area contributed by atoms with Gasteiger partial charge in [-0.2, -0.15) is 5.10 Å². The quantitative estimate of drug-likeness (QED) is 0.339. The first-order valence-electron chi connectivity index (χ1n) is 11.0. The molecule has 4 aromatic rings. The molecule has 0 atom stereocenters. The second kappa shape index (κ2) is 11.0. The van der Waals surface area contributed by atoms with E-state index in [9.17, 15) is 14.7 Å². The van der Waals surface area contributed by atoms with Crippen LogP contribution >= 0.6 is 0 Å². The minimum absolute atomic E-state index is 0.0852. The average Bonchev–Trinajstić information content (AvgIpc) is 3.30. The van der Waals surface area contributed by atoms with E-state index in [1.165, 1.54) is 32.4 Å². The number of rotatable bonds is 9. The van der Waals surface area contributed by atoms with Gasteiger partial charge in [-0.3, -0.25) is 14.5 Å². The van der Waals surface area contributed by atoms with Crippen LogP contribution in [-0.4, -0.2) is 46.0 Å². The number of carbonyl (C=O) groups excluding carboxylic acids is 1. The Labute approximate surface area is 207 Å². The predicted octanol–water partition coefficient (Wildman–Crippen LogP) is 4.36. The van der Waals surface area contributed by atoms with Crippen molar-refractivity contribution in [1.29, 1.82) is 0 Å². The topological polar surface area (TPSA) is 116 Å². The Balaban J connectivity index is 1.62. The Morgan fingerprint density at radius 3 is 2.47 bits per heavy atom. The van der Waals surface area contributed by atoms with E-state index in [1.54, 1.807) is 23.2 Å². The molecule has 9 nitrogen and oxygen atoms in total. The number of hydrogen-bond acceptors (Lipinski definition) is 6.